The van der Waals surface area contributed by atoms with Crippen LogP contribution in [0.25, 0.3) is 0 Å². The van der Waals surface area contributed by atoms with Crippen LogP contribution in [-0.4, -0.2) is 60.9 Å². The summed E-state index contributed by atoms with van der Waals surface area (Å²) in [6.07, 6.45) is 0.191. The second-order valence-corrected chi connectivity index (χ2v) is 13.3. The molecule has 216 valence electrons. The first-order valence-electron chi connectivity index (χ1n) is 13.4. The predicted octanol–water partition coefficient (Wildman–Crippen LogP) is 3.30. The molecular formula is C29H27I2NO9. The Balaban J connectivity index is 1.16. The molecule has 6 unspecified atom stereocenters. The molecule has 0 radical (unpaired) electrons. The van der Waals surface area contributed by atoms with E-state index in [0.29, 0.717) is 35.9 Å². The minimum absolute atomic E-state index is 0.0605. The van der Waals surface area contributed by atoms with E-state index < -0.39 is 66.0 Å². The Morgan fingerprint density at radius 2 is 1.80 bits per heavy atom. The first kappa shape index (κ1) is 28.6. The fourth-order valence-corrected chi connectivity index (χ4v) is 8.71. The summed E-state index contributed by atoms with van der Waals surface area (Å²) in [5, 5.41) is 13.5. The SMILES string of the molecule is O=C(COC(=O)c1cc(I)cc(I)c1O)OC1C2CC3C1OC(=O)C3C2C(=O)OC1(c2ccccc2)CCNCC1. The number of fused-ring (bicyclic) bond motifs is 1. The monoisotopic (exact) mass is 787 g/mol. The second kappa shape index (κ2) is 11.3. The van der Waals surface area contributed by atoms with Gasteiger partial charge in [-0.3, -0.25) is 9.59 Å². The van der Waals surface area contributed by atoms with E-state index in [1.54, 1.807) is 6.07 Å². The lowest BCUT2D eigenvalue weighted by Gasteiger charge is -2.39. The first-order chi connectivity index (χ1) is 19.7. The molecule has 2 bridgehead atoms. The van der Waals surface area contributed by atoms with Crippen molar-refractivity contribution in [2.45, 2.75) is 37.1 Å². The highest BCUT2D eigenvalue weighted by atomic mass is 127. The van der Waals surface area contributed by atoms with Crippen LogP contribution in [0, 0.1) is 30.8 Å². The maximum absolute atomic E-state index is 13.8. The molecule has 4 fully saturated rings. The number of benzene rings is 2. The fourth-order valence-electron chi connectivity index (χ4n) is 6.86. The van der Waals surface area contributed by atoms with E-state index in [0.717, 1.165) is 9.13 Å². The van der Waals surface area contributed by atoms with Crippen molar-refractivity contribution in [3.05, 3.63) is 60.7 Å². The summed E-state index contributed by atoms with van der Waals surface area (Å²) < 4.78 is 23.9. The van der Waals surface area contributed by atoms with Crippen LogP contribution in [0.4, 0.5) is 0 Å². The molecule has 12 heteroatoms. The zero-order valence-electron chi connectivity index (χ0n) is 21.7. The number of phenolic OH excluding ortho intramolecular Hbond substituents is 1. The minimum Gasteiger partial charge on any atom is -0.506 e. The summed E-state index contributed by atoms with van der Waals surface area (Å²) in [6, 6.07) is 12.8. The van der Waals surface area contributed by atoms with Gasteiger partial charge in [-0.25, -0.2) is 9.59 Å². The number of nitrogens with one attached hydrogen (secondary N) is 1. The molecule has 2 saturated carbocycles. The first-order valence-corrected chi connectivity index (χ1v) is 15.6. The number of rotatable bonds is 7. The van der Waals surface area contributed by atoms with Gasteiger partial charge in [-0.15, -0.1) is 0 Å². The molecule has 0 spiro atoms. The summed E-state index contributed by atoms with van der Waals surface area (Å²) in [5.41, 5.74) is 0.0324. The van der Waals surface area contributed by atoms with Crippen LogP contribution in [0.1, 0.15) is 35.2 Å². The number of hydrogen-bond donors (Lipinski definition) is 2. The van der Waals surface area contributed by atoms with Gasteiger partial charge in [0, 0.05) is 28.2 Å². The smallest absolute Gasteiger partial charge is 0.344 e. The molecule has 10 nitrogen and oxygen atoms in total. The zero-order valence-corrected chi connectivity index (χ0v) is 26.0. The molecule has 2 aromatic carbocycles. The van der Waals surface area contributed by atoms with Crippen molar-refractivity contribution in [1.29, 1.82) is 0 Å². The average molecular weight is 787 g/mol. The maximum Gasteiger partial charge on any atom is 0.344 e. The van der Waals surface area contributed by atoms with Crippen molar-refractivity contribution >= 4 is 69.1 Å². The Labute approximate surface area is 263 Å². The molecule has 6 atom stereocenters. The summed E-state index contributed by atoms with van der Waals surface area (Å²) in [5.74, 6) is -5.03. The molecule has 2 saturated heterocycles. The lowest BCUT2D eigenvalue weighted by atomic mass is 9.78. The molecule has 6 rings (SSSR count). The lowest BCUT2D eigenvalue weighted by Crippen LogP contribution is -2.48. The Hall–Kier alpha value is -2.46. The largest absolute Gasteiger partial charge is 0.506 e. The summed E-state index contributed by atoms with van der Waals surface area (Å²) in [7, 11) is 0. The van der Waals surface area contributed by atoms with Crippen molar-refractivity contribution in [3.63, 3.8) is 0 Å². The van der Waals surface area contributed by atoms with Gasteiger partial charge in [0.2, 0.25) is 0 Å². The zero-order chi connectivity index (χ0) is 28.9. The topological polar surface area (TPSA) is 137 Å². The van der Waals surface area contributed by atoms with Gasteiger partial charge in [0.25, 0.3) is 0 Å². The number of phenols is 1. The van der Waals surface area contributed by atoms with Crippen LogP contribution in [0.15, 0.2) is 42.5 Å². The van der Waals surface area contributed by atoms with Gasteiger partial charge in [0.05, 0.1) is 15.4 Å². The van der Waals surface area contributed by atoms with Crippen molar-refractivity contribution in [1.82, 2.24) is 5.32 Å². The Bertz CT molecular complexity index is 1390. The van der Waals surface area contributed by atoms with Crippen molar-refractivity contribution in [2.75, 3.05) is 19.7 Å². The highest BCUT2D eigenvalue weighted by molar-refractivity contribution is 14.1. The average Bonchev–Trinajstić information content (AvgIpc) is 3.59. The minimum atomic E-state index is -0.870. The van der Waals surface area contributed by atoms with E-state index in [-0.39, 0.29) is 17.2 Å². The van der Waals surface area contributed by atoms with E-state index in [1.165, 1.54) is 6.07 Å². The number of piperidine rings is 1. The number of carbonyl (C=O) groups is 4. The van der Waals surface area contributed by atoms with E-state index in [2.05, 4.69) is 5.32 Å². The molecule has 2 aliphatic heterocycles. The van der Waals surface area contributed by atoms with E-state index in [9.17, 15) is 24.3 Å². The summed E-state index contributed by atoms with van der Waals surface area (Å²) in [4.78, 5) is 52.0. The van der Waals surface area contributed by atoms with E-state index >= 15 is 0 Å². The molecule has 2 heterocycles. The molecule has 2 N–H and O–H groups in total. The molecule has 41 heavy (non-hydrogen) atoms. The lowest BCUT2D eigenvalue weighted by molar-refractivity contribution is -0.179. The van der Waals surface area contributed by atoms with Gasteiger partial charge < -0.3 is 29.4 Å². The third kappa shape index (κ3) is 5.19. The van der Waals surface area contributed by atoms with Gasteiger partial charge >= 0.3 is 23.9 Å². The van der Waals surface area contributed by atoms with Crippen LogP contribution in [-0.2, 0) is 38.9 Å². The standard InChI is InChI=1S/C29H27I2NO9/c30-15-10-18(23(34)19(31)11-15)26(35)38-13-20(33)39-24-17-12-16-21(27(36)40-25(16)24)22(17)28(37)41-29(6-8-32-9-7-29)14-4-2-1-3-5-14/h1-5,10-11,16-17,21-22,24-25,32,34H,6-9,12-13H2. The normalized spacial score (nSPS) is 29.1. The molecule has 2 aromatic rings. The molecular weight excluding hydrogens is 760 g/mol. The Morgan fingerprint density at radius 1 is 1.07 bits per heavy atom. The van der Waals surface area contributed by atoms with E-state index in [1.807, 2.05) is 75.5 Å². The van der Waals surface area contributed by atoms with Gasteiger partial charge in [-0.05, 0) is 82.4 Å². The van der Waals surface area contributed by atoms with Crippen LogP contribution in [0.2, 0.25) is 0 Å². The van der Waals surface area contributed by atoms with E-state index in [4.69, 9.17) is 18.9 Å². The molecule has 2 aliphatic carbocycles. The summed E-state index contributed by atoms with van der Waals surface area (Å²) in [6.45, 7) is 0.673. The van der Waals surface area contributed by atoms with Gasteiger partial charge in [0.15, 0.2) is 6.61 Å². The number of hydrogen-bond acceptors (Lipinski definition) is 10. The van der Waals surface area contributed by atoms with Crippen molar-refractivity contribution in [2.24, 2.45) is 23.7 Å². The number of ether oxygens (including phenoxy) is 4. The van der Waals surface area contributed by atoms with Crippen LogP contribution < -0.4 is 5.32 Å². The van der Waals surface area contributed by atoms with Crippen molar-refractivity contribution < 1.29 is 43.2 Å². The van der Waals surface area contributed by atoms with Gasteiger partial charge in [-0.2, -0.15) is 0 Å². The predicted molar refractivity (Wildman–Crippen MR) is 158 cm³/mol. The van der Waals surface area contributed by atoms with Crippen LogP contribution in [0.5, 0.6) is 5.75 Å². The second-order valence-electron chi connectivity index (χ2n) is 10.9. The third-order valence-corrected chi connectivity index (χ3v) is 10.1. The number of aromatic hydroxyl groups is 1. The van der Waals surface area contributed by atoms with Gasteiger partial charge in [0.1, 0.15) is 29.1 Å². The van der Waals surface area contributed by atoms with Crippen LogP contribution in [0.3, 0.4) is 0 Å². The molecule has 4 aliphatic rings. The fraction of sp³-hybridized carbons (Fsp3) is 0.448. The molecule has 0 amide bonds. The third-order valence-electron chi connectivity index (χ3n) is 8.66. The highest BCUT2D eigenvalue weighted by Crippen LogP contribution is 2.59. The number of carbonyl (C=O) groups excluding carboxylic acids is 4. The summed E-state index contributed by atoms with van der Waals surface area (Å²) >= 11 is 3.91. The number of halogens is 2. The van der Waals surface area contributed by atoms with Gasteiger partial charge in [-0.1, -0.05) is 30.3 Å². The quantitative estimate of drug-likeness (QED) is 0.245. The Kier molecular flexibility index (Phi) is 7.91. The number of esters is 4. The van der Waals surface area contributed by atoms with Crippen molar-refractivity contribution in [3.8, 4) is 5.75 Å². The Morgan fingerprint density at radius 3 is 2.54 bits per heavy atom. The molecule has 0 aromatic heterocycles. The maximum atomic E-state index is 13.8. The van der Waals surface area contributed by atoms with Crippen LogP contribution >= 0.6 is 45.2 Å². The highest BCUT2D eigenvalue weighted by Gasteiger charge is 2.70.